The lowest BCUT2D eigenvalue weighted by Gasteiger charge is -2.32. The Morgan fingerprint density at radius 1 is 1.11 bits per heavy atom. The van der Waals surface area contributed by atoms with Gasteiger partial charge in [-0.3, -0.25) is 14.4 Å². The molecule has 0 aromatic heterocycles. The molecule has 1 aromatic carbocycles. The van der Waals surface area contributed by atoms with Crippen LogP contribution in [0.15, 0.2) is 24.3 Å². The first-order valence-electron chi connectivity index (χ1n) is 10.0. The van der Waals surface area contributed by atoms with Crippen LogP contribution in [0.3, 0.4) is 0 Å². The highest BCUT2D eigenvalue weighted by atomic mass is 19.1. The van der Waals surface area contributed by atoms with Crippen LogP contribution in [-0.4, -0.2) is 48.3 Å². The fraction of sp³-hybridized carbons (Fsp3) is 0.571. The van der Waals surface area contributed by atoms with Crippen molar-refractivity contribution in [1.29, 1.82) is 0 Å². The van der Waals surface area contributed by atoms with E-state index in [-0.39, 0.29) is 42.4 Å². The molecule has 2 aliphatic rings. The molecule has 152 valence electrons. The summed E-state index contributed by atoms with van der Waals surface area (Å²) in [6.07, 6.45) is 3.21. The van der Waals surface area contributed by atoms with Crippen LogP contribution in [0.5, 0.6) is 0 Å². The maximum Gasteiger partial charge on any atom is 0.245 e. The SMILES string of the molecule is CC(C)[C@@H](NC(=O)C1CC(=O)N(c2ccc(F)cc2)C1)C(=O)N1CCCCC1. The highest BCUT2D eigenvalue weighted by Crippen LogP contribution is 2.26. The topological polar surface area (TPSA) is 69.7 Å². The summed E-state index contributed by atoms with van der Waals surface area (Å²) in [5, 5.41) is 2.89. The summed E-state index contributed by atoms with van der Waals surface area (Å²) >= 11 is 0. The normalized spacial score (nSPS) is 21.1. The third-order valence-corrected chi connectivity index (χ3v) is 5.53. The molecule has 0 spiro atoms. The third-order valence-electron chi connectivity index (χ3n) is 5.53. The number of anilines is 1. The first-order chi connectivity index (χ1) is 13.4. The number of piperidine rings is 1. The fourth-order valence-corrected chi connectivity index (χ4v) is 3.85. The number of hydrogen-bond donors (Lipinski definition) is 1. The van der Waals surface area contributed by atoms with Crippen molar-refractivity contribution in [1.82, 2.24) is 10.2 Å². The van der Waals surface area contributed by atoms with E-state index in [9.17, 15) is 18.8 Å². The number of carbonyl (C=O) groups is 3. The van der Waals surface area contributed by atoms with Crippen LogP contribution < -0.4 is 10.2 Å². The van der Waals surface area contributed by atoms with Gasteiger partial charge in [0, 0.05) is 31.7 Å². The summed E-state index contributed by atoms with van der Waals surface area (Å²) in [7, 11) is 0. The molecule has 1 unspecified atom stereocenters. The summed E-state index contributed by atoms with van der Waals surface area (Å²) in [4.78, 5) is 41.4. The summed E-state index contributed by atoms with van der Waals surface area (Å²) in [6.45, 7) is 5.53. The van der Waals surface area contributed by atoms with Gasteiger partial charge in [0.1, 0.15) is 11.9 Å². The highest BCUT2D eigenvalue weighted by molar-refractivity contribution is 6.01. The van der Waals surface area contributed by atoms with Crippen LogP contribution in [0.1, 0.15) is 39.5 Å². The van der Waals surface area contributed by atoms with Gasteiger partial charge in [-0.1, -0.05) is 13.8 Å². The Kier molecular flexibility index (Phi) is 6.31. The Morgan fingerprint density at radius 3 is 2.36 bits per heavy atom. The van der Waals surface area contributed by atoms with Crippen molar-refractivity contribution in [3.8, 4) is 0 Å². The molecule has 1 aromatic rings. The quantitative estimate of drug-likeness (QED) is 0.840. The van der Waals surface area contributed by atoms with Gasteiger partial charge in [0.05, 0.1) is 5.92 Å². The van der Waals surface area contributed by atoms with E-state index in [1.807, 2.05) is 18.7 Å². The monoisotopic (exact) mass is 389 g/mol. The van der Waals surface area contributed by atoms with E-state index >= 15 is 0 Å². The van der Waals surface area contributed by atoms with E-state index < -0.39 is 12.0 Å². The van der Waals surface area contributed by atoms with Crippen molar-refractivity contribution in [3.63, 3.8) is 0 Å². The Balaban J connectivity index is 1.64. The summed E-state index contributed by atoms with van der Waals surface area (Å²) in [5.41, 5.74) is 0.575. The average molecular weight is 389 g/mol. The minimum absolute atomic E-state index is 0.0383. The van der Waals surface area contributed by atoms with Crippen LogP contribution in [0, 0.1) is 17.7 Å². The molecule has 28 heavy (non-hydrogen) atoms. The predicted octanol–water partition coefficient (Wildman–Crippen LogP) is 2.33. The number of rotatable bonds is 5. The molecule has 1 N–H and O–H groups in total. The number of nitrogens with one attached hydrogen (secondary N) is 1. The largest absolute Gasteiger partial charge is 0.344 e. The molecule has 3 amide bonds. The molecule has 2 fully saturated rings. The summed E-state index contributed by atoms with van der Waals surface area (Å²) in [5.74, 6) is -1.42. The van der Waals surface area contributed by atoms with Gasteiger partial charge in [0.25, 0.3) is 0 Å². The number of nitrogens with zero attached hydrogens (tertiary/aromatic N) is 2. The zero-order chi connectivity index (χ0) is 20.3. The van der Waals surface area contributed by atoms with Crippen molar-refractivity contribution < 1.29 is 18.8 Å². The average Bonchev–Trinajstić information content (AvgIpc) is 3.08. The van der Waals surface area contributed by atoms with E-state index in [0.717, 1.165) is 32.4 Å². The Morgan fingerprint density at radius 2 is 1.75 bits per heavy atom. The lowest BCUT2D eigenvalue weighted by atomic mass is 9.99. The zero-order valence-corrected chi connectivity index (χ0v) is 16.5. The molecule has 6 nitrogen and oxygen atoms in total. The van der Waals surface area contributed by atoms with Crippen molar-refractivity contribution in [2.24, 2.45) is 11.8 Å². The fourth-order valence-electron chi connectivity index (χ4n) is 3.85. The number of amides is 3. The molecule has 3 rings (SSSR count). The molecule has 0 aliphatic carbocycles. The van der Waals surface area contributed by atoms with Gasteiger partial charge in [0.2, 0.25) is 17.7 Å². The predicted molar refractivity (Wildman–Crippen MR) is 104 cm³/mol. The second-order valence-electron chi connectivity index (χ2n) is 8.00. The molecule has 2 heterocycles. The number of benzene rings is 1. The van der Waals surface area contributed by atoms with E-state index in [0.29, 0.717) is 5.69 Å². The van der Waals surface area contributed by atoms with Gasteiger partial charge >= 0.3 is 0 Å². The molecule has 0 bridgehead atoms. The van der Waals surface area contributed by atoms with Gasteiger partial charge in [-0.25, -0.2) is 4.39 Å². The van der Waals surface area contributed by atoms with Gasteiger partial charge < -0.3 is 15.1 Å². The van der Waals surface area contributed by atoms with E-state index in [1.54, 1.807) is 0 Å². The lowest BCUT2D eigenvalue weighted by Crippen LogP contribution is -2.53. The Labute approximate surface area is 165 Å². The lowest BCUT2D eigenvalue weighted by molar-refractivity contribution is -0.139. The minimum atomic E-state index is -0.583. The highest BCUT2D eigenvalue weighted by Gasteiger charge is 2.38. The van der Waals surface area contributed by atoms with Crippen LogP contribution in [0.25, 0.3) is 0 Å². The van der Waals surface area contributed by atoms with Gasteiger partial charge in [-0.05, 0) is 49.4 Å². The van der Waals surface area contributed by atoms with Crippen LogP contribution >= 0.6 is 0 Å². The van der Waals surface area contributed by atoms with E-state index in [2.05, 4.69) is 5.32 Å². The maximum absolute atomic E-state index is 13.1. The smallest absolute Gasteiger partial charge is 0.245 e. The van der Waals surface area contributed by atoms with Crippen LogP contribution in [-0.2, 0) is 14.4 Å². The molecule has 2 aliphatic heterocycles. The molecule has 0 saturated carbocycles. The molecule has 7 heteroatoms. The number of hydrogen-bond acceptors (Lipinski definition) is 3. The number of halogens is 1. The molecular weight excluding hydrogens is 361 g/mol. The van der Waals surface area contributed by atoms with Crippen LogP contribution in [0.2, 0.25) is 0 Å². The Bertz CT molecular complexity index is 729. The molecule has 2 saturated heterocycles. The van der Waals surface area contributed by atoms with Gasteiger partial charge in [0.15, 0.2) is 0 Å². The van der Waals surface area contributed by atoms with Crippen molar-refractivity contribution in [2.75, 3.05) is 24.5 Å². The van der Waals surface area contributed by atoms with Crippen LogP contribution in [0.4, 0.5) is 10.1 Å². The first kappa shape index (κ1) is 20.3. The number of carbonyl (C=O) groups excluding carboxylic acids is 3. The zero-order valence-electron chi connectivity index (χ0n) is 16.5. The van der Waals surface area contributed by atoms with Gasteiger partial charge in [-0.2, -0.15) is 0 Å². The summed E-state index contributed by atoms with van der Waals surface area (Å²) in [6, 6.07) is 5.07. The Hall–Kier alpha value is -2.44. The van der Waals surface area contributed by atoms with E-state index in [4.69, 9.17) is 0 Å². The second-order valence-corrected chi connectivity index (χ2v) is 8.00. The minimum Gasteiger partial charge on any atom is -0.344 e. The third kappa shape index (κ3) is 4.51. The van der Waals surface area contributed by atoms with Crippen molar-refractivity contribution in [2.45, 2.75) is 45.6 Å². The first-order valence-corrected chi connectivity index (χ1v) is 10.0. The van der Waals surface area contributed by atoms with Crippen molar-refractivity contribution in [3.05, 3.63) is 30.1 Å². The van der Waals surface area contributed by atoms with E-state index in [1.165, 1.54) is 29.2 Å². The van der Waals surface area contributed by atoms with Gasteiger partial charge in [-0.15, -0.1) is 0 Å². The maximum atomic E-state index is 13.1. The van der Waals surface area contributed by atoms with Crippen molar-refractivity contribution >= 4 is 23.4 Å². The molecule has 0 radical (unpaired) electrons. The standard InChI is InChI=1S/C21H28FN3O3/c1-14(2)19(21(28)24-10-4-3-5-11-24)23-20(27)15-12-18(26)25(13-15)17-8-6-16(22)7-9-17/h6-9,14-15,19H,3-5,10-13H2,1-2H3,(H,23,27)/t15?,19-/m1/s1. The molecular formula is C21H28FN3O3. The summed E-state index contributed by atoms with van der Waals surface area (Å²) < 4.78 is 13.1. The molecule has 2 atom stereocenters. The number of likely N-dealkylation sites (tertiary alicyclic amines) is 1. The second kappa shape index (κ2) is 8.71.